The van der Waals surface area contributed by atoms with E-state index >= 15 is 0 Å². The van der Waals surface area contributed by atoms with E-state index in [0.29, 0.717) is 26.1 Å². The third kappa shape index (κ3) is 6.14. The first kappa shape index (κ1) is 30.2. The number of likely N-dealkylation sites (tertiary alicyclic amines) is 1. The highest BCUT2D eigenvalue weighted by atomic mass is 79.9. The van der Waals surface area contributed by atoms with E-state index < -0.39 is 22.6 Å². The van der Waals surface area contributed by atoms with Gasteiger partial charge in [-0.2, -0.15) is 0 Å². The molecule has 3 aliphatic heterocycles. The summed E-state index contributed by atoms with van der Waals surface area (Å²) in [5, 5.41) is 9.01. The Hall–Kier alpha value is -1.32. The van der Waals surface area contributed by atoms with Crippen LogP contribution in [-0.4, -0.2) is 85.9 Å². The minimum Gasteiger partial charge on any atom is -0.465 e. The van der Waals surface area contributed by atoms with Crippen LogP contribution in [0.3, 0.4) is 0 Å². The first-order chi connectivity index (χ1) is 17.7. The molecule has 1 N–H and O–H groups in total. The van der Waals surface area contributed by atoms with E-state index in [0.717, 1.165) is 44.9 Å². The fourth-order valence-electron chi connectivity index (χ4n) is 6.18. The molecule has 2 amide bonds. The number of unbranched alkanes of at least 4 members (excludes halogenated alkanes) is 5. The lowest BCUT2D eigenvalue weighted by atomic mass is 9.71. The minimum atomic E-state index is -0.654. The van der Waals surface area contributed by atoms with E-state index in [2.05, 4.69) is 29.1 Å². The fraction of sp³-hybridized carbons (Fsp3) is 0.750. The zero-order chi connectivity index (χ0) is 27.2. The van der Waals surface area contributed by atoms with E-state index in [4.69, 9.17) is 9.84 Å². The molecule has 3 fully saturated rings. The average molecular weight is 600 g/mol. The number of hydrogen-bond donors (Lipinski definition) is 1. The van der Waals surface area contributed by atoms with Gasteiger partial charge in [0, 0.05) is 35.8 Å². The number of esters is 1. The molecule has 1 spiro atoms. The van der Waals surface area contributed by atoms with Crippen LogP contribution in [0.25, 0.3) is 0 Å². The SMILES string of the molecule is C=CCCCCOC(=O)[C@H]1[C@H]2C(=O)N(CCCCCCO)C(C(=O)N(CC=C)C(C)C)C23CC(Br)[C@@H]1S3. The minimum absolute atomic E-state index is 0.0339. The van der Waals surface area contributed by atoms with Gasteiger partial charge in [-0.15, -0.1) is 24.9 Å². The number of amides is 2. The first-order valence-electron chi connectivity index (χ1n) is 13.7. The van der Waals surface area contributed by atoms with Gasteiger partial charge in [-0.05, 0) is 52.4 Å². The Kier molecular flexibility index (Phi) is 11.2. The van der Waals surface area contributed by atoms with Crippen molar-refractivity contribution in [3.8, 4) is 0 Å². The smallest absolute Gasteiger partial charge is 0.310 e. The normalized spacial score (nSPS) is 30.0. The molecule has 0 aliphatic carbocycles. The Morgan fingerprint density at radius 1 is 1.22 bits per heavy atom. The standard InChI is InChI=1S/C28H43BrN2O5S/c1-5-7-8-13-17-36-27(35)21-22-25(33)31(15-11-9-10-12-16-32)24(26(34)30(14-6-2)19(3)4)28(22)18-20(29)23(21)37-28/h5-6,19-24,32H,1-2,7-18H2,3-4H3/t20?,21-,22-,23-,24?,28?/m0/s1. The molecule has 3 saturated heterocycles. The number of aliphatic hydroxyl groups excluding tert-OH is 1. The Morgan fingerprint density at radius 2 is 1.95 bits per heavy atom. The molecule has 0 saturated carbocycles. The Labute approximate surface area is 234 Å². The zero-order valence-corrected chi connectivity index (χ0v) is 24.7. The van der Waals surface area contributed by atoms with Crippen molar-refractivity contribution in [1.82, 2.24) is 9.80 Å². The molecule has 7 nitrogen and oxygen atoms in total. The van der Waals surface area contributed by atoms with Gasteiger partial charge >= 0.3 is 5.97 Å². The summed E-state index contributed by atoms with van der Waals surface area (Å²) in [7, 11) is 0. The lowest BCUT2D eigenvalue weighted by Gasteiger charge is -2.39. The molecule has 2 bridgehead atoms. The lowest BCUT2D eigenvalue weighted by molar-refractivity contribution is -0.154. The van der Waals surface area contributed by atoms with Crippen molar-refractivity contribution >= 4 is 45.5 Å². The van der Waals surface area contributed by atoms with Crippen molar-refractivity contribution < 1.29 is 24.2 Å². The van der Waals surface area contributed by atoms with Gasteiger partial charge in [0.05, 0.1) is 23.2 Å². The molecule has 0 radical (unpaired) electrons. The summed E-state index contributed by atoms with van der Waals surface area (Å²) in [6.45, 7) is 12.9. The number of hydrogen-bond acceptors (Lipinski definition) is 6. The Morgan fingerprint density at radius 3 is 2.59 bits per heavy atom. The highest BCUT2D eigenvalue weighted by molar-refractivity contribution is 9.09. The highest BCUT2D eigenvalue weighted by Gasteiger charge is 2.76. The fourth-order valence-corrected chi connectivity index (χ4v) is 9.77. The first-order valence-corrected chi connectivity index (χ1v) is 15.5. The van der Waals surface area contributed by atoms with Crippen molar-refractivity contribution in [2.75, 3.05) is 26.3 Å². The third-order valence-corrected chi connectivity index (χ3v) is 11.1. The molecular formula is C28H43BrN2O5S. The molecule has 208 valence electrons. The van der Waals surface area contributed by atoms with E-state index in [1.807, 2.05) is 19.9 Å². The number of rotatable bonds is 16. The van der Waals surface area contributed by atoms with Crippen LogP contribution in [0.5, 0.6) is 0 Å². The van der Waals surface area contributed by atoms with E-state index in [1.54, 1.807) is 27.6 Å². The number of fused-ring (bicyclic) bond motifs is 1. The predicted molar refractivity (Wildman–Crippen MR) is 152 cm³/mol. The van der Waals surface area contributed by atoms with E-state index in [9.17, 15) is 14.4 Å². The summed E-state index contributed by atoms with van der Waals surface area (Å²) in [5.74, 6) is -1.58. The number of alkyl halides is 1. The molecular weight excluding hydrogens is 556 g/mol. The van der Waals surface area contributed by atoms with Crippen LogP contribution in [0.2, 0.25) is 0 Å². The molecule has 9 heteroatoms. The van der Waals surface area contributed by atoms with Crippen molar-refractivity contribution in [2.45, 2.75) is 92.1 Å². The van der Waals surface area contributed by atoms with Crippen molar-refractivity contribution in [1.29, 1.82) is 0 Å². The molecule has 0 aromatic heterocycles. The van der Waals surface area contributed by atoms with Gasteiger partial charge in [-0.3, -0.25) is 14.4 Å². The van der Waals surface area contributed by atoms with Crippen LogP contribution < -0.4 is 0 Å². The highest BCUT2D eigenvalue weighted by Crippen LogP contribution is 2.68. The largest absolute Gasteiger partial charge is 0.465 e. The summed E-state index contributed by atoms with van der Waals surface area (Å²) in [6, 6.07) is -0.659. The van der Waals surface area contributed by atoms with Gasteiger partial charge in [0.2, 0.25) is 11.8 Å². The second-order valence-electron chi connectivity index (χ2n) is 10.7. The van der Waals surface area contributed by atoms with E-state index in [1.165, 1.54) is 0 Å². The molecule has 0 aromatic rings. The zero-order valence-electron chi connectivity index (χ0n) is 22.3. The maximum atomic E-state index is 14.1. The second-order valence-corrected chi connectivity index (χ2v) is 13.4. The molecule has 37 heavy (non-hydrogen) atoms. The van der Waals surface area contributed by atoms with Crippen LogP contribution in [0, 0.1) is 11.8 Å². The van der Waals surface area contributed by atoms with Crippen molar-refractivity contribution in [3.05, 3.63) is 25.3 Å². The van der Waals surface area contributed by atoms with Crippen LogP contribution in [0.15, 0.2) is 25.3 Å². The molecule has 3 unspecified atom stereocenters. The van der Waals surface area contributed by atoms with Crippen LogP contribution in [0.1, 0.15) is 65.2 Å². The topological polar surface area (TPSA) is 87.1 Å². The molecule has 3 heterocycles. The van der Waals surface area contributed by atoms with Gasteiger partial charge < -0.3 is 19.6 Å². The molecule has 6 atom stereocenters. The summed E-state index contributed by atoms with van der Waals surface area (Å²) in [4.78, 5) is 45.2. The summed E-state index contributed by atoms with van der Waals surface area (Å²) < 4.78 is 5.04. The van der Waals surface area contributed by atoms with Gasteiger partial charge in [-0.25, -0.2) is 0 Å². The Balaban J connectivity index is 1.89. The lowest BCUT2D eigenvalue weighted by Crippen LogP contribution is -2.56. The number of aliphatic hydroxyl groups is 1. The number of nitrogens with zero attached hydrogens (tertiary/aromatic N) is 2. The number of allylic oxidation sites excluding steroid dienone is 1. The van der Waals surface area contributed by atoms with Crippen LogP contribution in [0.4, 0.5) is 0 Å². The molecule has 3 rings (SSSR count). The molecule has 3 aliphatic rings. The van der Waals surface area contributed by atoms with Crippen molar-refractivity contribution in [3.63, 3.8) is 0 Å². The number of ether oxygens (including phenoxy) is 1. The van der Waals surface area contributed by atoms with Gasteiger partial charge in [0.15, 0.2) is 0 Å². The number of thioether (sulfide) groups is 1. The van der Waals surface area contributed by atoms with Crippen LogP contribution >= 0.6 is 27.7 Å². The number of carbonyl (C=O) groups is 3. The third-order valence-electron chi connectivity index (χ3n) is 7.88. The second kappa shape index (κ2) is 13.7. The maximum absolute atomic E-state index is 14.1. The number of halogens is 1. The average Bonchev–Trinajstić information content (AvgIpc) is 3.45. The quantitative estimate of drug-likeness (QED) is 0.123. The van der Waals surface area contributed by atoms with Crippen LogP contribution in [-0.2, 0) is 19.1 Å². The van der Waals surface area contributed by atoms with Crippen molar-refractivity contribution in [2.24, 2.45) is 11.8 Å². The van der Waals surface area contributed by atoms with E-state index in [-0.39, 0.29) is 40.5 Å². The number of carbonyl (C=O) groups excluding carboxylic acids is 3. The summed E-state index contributed by atoms with van der Waals surface area (Å²) in [5.41, 5.74) is 0. The van der Waals surface area contributed by atoms with Gasteiger partial charge in [0.25, 0.3) is 0 Å². The molecule has 0 aromatic carbocycles. The monoisotopic (exact) mass is 598 g/mol. The Bertz CT molecular complexity index is 854. The van der Waals surface area contributed by atoms with Gasteiger partial charge in [0.1, 0.15) is 6.04 Å². The summed E-state index contributed by atoms with van der Waals surface area (Å²) >= 11 is 5.45. The summed E-state index contributed by atoms with van der Waals surface area (Å²) in [6.07, 6.45) is 10.0. The predicted octanol–water partition coefficient (Wildman–Crippen LogP) is 4.33. The van der Waals surface area contributed by atoms with Gasteiger partial charge in [-0.1, -0.05) is 40.9 Å². The maximum Gasteiger partial charge on any atom is 0.310 e.